The lowest BCUT2D eigenvalue weighted by molar-refractivity contribution is -0.144. The number of carboxylic acid groups (broad SMARTS) is 1. The lowest BCUT2D eigenvalue weighted by Gasteiger charge is -2.27. The number of aromatic nitrogens is 3. The van der Waals surface area contributed by atoms with E-state index in [0.717, 1.165) is 22.3 Å². The predicted octanol–water partition coefficient (Wildman–Crippen LogP) is 4.46. The van der Waals surface area contributed by atoms with E-state index in [1.54, 1.807) is 32.0 Å². The van der Waals surface area contributed by atoms with E-state index in [4.69, 9.17) is 0 Å². The number of hydrogen-bond donors (Lipinski definition) is 3. The van der Waals surface area contributed by atoms with Crippen molar-refractivity contribution in [3.8, 4) is 22.5 Å². The minimum atomic E-state index is -1.00. The van der Waals surface area contributed by atoms with Crippen LogP contribution in [-0.4, -0.2) is 49.0 Å². The van der Waals surface area contributed by atoms with Crippen molar-refractivity contribution in [3.63, 3.8) is 0 Å². The number of carbonyl (C=O) groups is 3. The Morgan fingerprint density at radius 1 is 0.973 bits per heavy atom. The summed E-state index contributed by atoms with van der Waals surface area (Å²) in [5.74, 6) is -1.36. The number of nitrogens with one attached hydrogen (secondary N) is 2. The van der Waals surface area contributed by atoms with Gasteiger partial charge in [-0.1, -0.05) is 68.4 Å². The maximum absolute atomic E-state index is 13.0. The van der Waals surface area contributed by atoms with Gasteiger partial charge in [-0.25, -0.2) is 9.78 Å². The van der Waals surface area contributed by atoms with Gasteiger partial charge in [-0.15, -0.1) is 0 Å². The van der Waals surface area contributed by atoms with Gasteiger partial charge in [0, 0.05) is 23.4 Å². The smallest absolute Gasteiger partial charge is 0.326 e. The summed E-state index contributed by atoms with van der Waals surface area (Å²) >= 11 is 0. The fourth-order valence-corrected chi connectivity index (χ4v) is 4.52. The van der Waals surface area contributed by atoms with Crippen LogP contribution in [0.5, 0.6) is 0 Å². The lowest BCUT2D eigenvalue weighted by atomic mass is 10.00. The van der Waals surface area contributed by atoms with E-state index < -0.39 is 17.9 Å². The molecule has 0 bridgehead atoms. The summed E-state index contributed by atoms with van der Waals surface area (Å²) in [5.41, 5.74) is 4.40. The molecular formula is C28H25N5O4. The number of H-pyrrole nitrogens is 1. The van der Waals surface area contributed by atoms with Gasteiger partial charge in [0.2, 0.25) is 5.82 Å². The molecule has 3 N–H and O–H groups in total. The van der Waals surface area contributed by atoms with Crippen LogP contribution in [0.2, 0.25) is 0 Å². The number of fused-ring (bicyclic) bond motifs is 1. The van der Waals surface area contributed by atoms with Crippen LogP contribution in [0.1, 0.15) is 40.4 Å². The topological polar surface area (TPSA) is 128 Å². The minimum absolute atomic E-state index is 0.102. The molecule has 3 aromatic carbocycles. The zero-order chi connectivity index (χ0) is 26.1. The molecule has 9 heteroatoms. The van der Waals surface area contributed by atoms with Crippen molar-refractivity contribution in [2.45, 2.75) is 26.4 Å². The van der Waals surface area contributed by atoms with Gasteiger partial charge in [0.15, 0.2) is 5.82 Å². The molecule has 0 saturated heterocycles. The largest absolute Gasteiger partial charge is 0.480 e. The van der Waals surface area contributed by atoms with Crippen molar-refractivity contribution >= 4 is 23.5 Å². The molecule has 0 fully saturated rings. The first-order valence-corrected chi connectivity index (χ1v) is 11.9. The van der Waals surface area contributed by atoms with E-state index in [-0.39, 0.29) is 24.2 Å². The van der Waals surface area contributed by atoms with Crippen molar-refractivity contribution in [2.75, 3.05) is 5.32 Å². The molecule has 0 aliphatic carbocycles. The number of nitrogens with zero attached hydrogens (tertiary/aromatic N) is 3. The van der Waals surface area contributed by atoms with Crippen LogP contribution in [0.3, 0.4) is 0 Å². The van der Waals surface area contributed by atoms with Gasteiger partial charge in [0.1, 0.15) is 6.04 Å². The molecule has 0 saturated carbocycles. The number of aromatic amines is 1. The normalized spacial score (nSPS) is 13.5. The quantitative estimate of drug-likeness (QED) is 0.347. The molecule has 1 aliphatic rings. The summed E-state index contributed by atoms with van der Waals surface area (Å²) in [6.07, 6.45) is 0. The average molecular weight is 496 g/mol. The summed E-state index contributed by atoms with van der Waals surface area (Å²) < 4.78 is 0. The number of carboxylic acids is 1. The summed E-state index contributed by atoms with van der Waals surface area (Å²) in [7, 11) is 0. The van der Waals surface area contributed by atoms with Crippen LogP contribution in [0.25, 0.3) is 22.5 Å². The molecule has 5 rings (SSSR count). The molecule has 1 aromatic heterocycles. The Morgan fingerprint density at radius 3 is 2.35 bits per heavy atom. The van der Waals surface area contributed by atoms with Crippen molar-refractivity contribution in [2.24, 2.45) is 5.92 Å². The number of rotatable bonds is 7. The van der Waals surface area contributed by atoms with Crippen molar-refractivity contribution in [1.82, 2.24) is 20.1 Å². The van der Waals surface area contributed by atoms with Crippen LogP contribution >= 0.6 is 0 Å². The monoisotopic (exact) mass is 495 g/mol. The first-order chi connectivity index (χ1) is 17.8. The zero-order valence-corrected chi connectivity index (χ0v) is 20.3. The summed E-state index contributed by atoms with van der Waals surface area (Å²) in [6, 6.07) is 21.3. The van der Waals surface area contributed by atoms with Crippen LogP contribution < -0.4 is 5.32 Å². The molecule has 0 spiro atoms. The highest BCUT2D eigenvalue weighted by molar-refractivity contribution is 6.02. The second kappa shape index (κ2) is 9.69. The van der Waals surface area contributed by atoms with Crippen LogP contribution in [0.4, 0.5) is 5.69 Å². The first kappa shape index (κ1) is 23.9. The Hall–Kier alpha value is -4.79. The number of aliphatic carboxylic acids is 1. The summed E-state index contributed by atoms with van der Waals surface area (Å²) in [6.45, 7) is 3.87. The number of hydrogen-bond acceptors (Lipinski definition) is 5. The van der Waals surface area contributed by atoms with E-state index in [1.165, 1.54) is 4.90 Å². The molecule has 0 radical (unpaired) electrons. The Kier molecular flexibility index (Phi) is 6.27. The second-order valence-corrected chi connectivity index (χ2v) is 9.24. The highest BCUT2D eigenvalue weighted by Crippen LogP contribution is 2.31. The van der Waals surface area contributed by atoms with Crippen LogP contribution in [0.15, 0.2) is 72.8 Å². The molecule has 2 amide bonds. The van der Waals surface area contributed by atoms with E-state index >= 15 is 0 Å². The number of carbonyl (C=O) groups excluding carboxylic acids is 2. The molecule has 4 aromatic rings. The van der Waals surface area contributed by atoms with E-state index in [1.807, 2.05) is 54.6 Å². The van der Waals surface area contributed by atoms with E-state index in [0.29, 0.717) is 17.1 Å². The van der Waals surface area contributed by atoms with Gasteiger partial charge >= 0.3 is 5.97 Å². The van der Waals surface area contributed by atoms with Gasteiger partial charge in [-0.2, -0.15) is 5.10 Å². The van der Waals surface area contributed by atoms with Crippen LogP contribution in [-0.2, 0) is 11.3 Å². The lowest BCUT2D eigenvalue weighted by Crippen LogP contribution is -2.44. The Labute approximate surface area is 213 Å². The standard InChI is InChI=1S/C28H25N5O4/c1-16(2)23(28(36)37)33-15-20-9-8-19(14-22(20)27(33)35)17-10-12-21(13-11-17)29-26(34)25-30-24(31-32-25)18-6-4-3-5-7-18/h3-14,16,23H,15H2,1-2H3,(H,29,34)(H,36,37)(H,30,31,32)/t23-/m0/s1. The van der Waals surface area contributed by atoms with Gasteiger partial charge in [0.05, 0.1) is 0 Å². The highest BCUT2D eigenvalue weighted by Gasteiger charge is 2.38. The van der Waals surface area contributed by atoms with E-state index in [2.05, 4.69) is 20.5 Å². The molecule has 186 valence electrons. The number of benzene rings is 3. The van der Waals surface area contributed by atoms with Gasteiger partial charge in [-0.05, 0) is 40.8 Å². The maximum atomic E-state index is 13.0. The summed E-state index contributed by atoms with van der Waals surface area (Å²) in [5, 5.41) is 19.2. The number of anilines is 1. The van der Waals surface area contributed by atoms with Gasteiger partial charge in [-0.3, -0.25) is 14.7 Å². The summed E-state index contributed by atoms with van der Waals surface area (Å²) in [4.78, 5) is 43.1. The minimum Gasteiger partial charge on any atom is -0.480 e. The van der Waals surface area contributed by atoms with Crippen molar-refractivity contribution in [3.05, 3.63) is 89.7 Å². The fraction of sp³-hybridized carbons (Fsp3) is 0.179. The molecule has 1 aliphatic heterocycles. The van der Waals surface area contributed by atoms with Crippen LogP contribution in [0, 0.1) is 5.92 Å². The molecule has 1 atom stereocenters. The second-order valence-electron chi connectivity index (χ2n) is 9.24. The van der Waals surface area contributed by atoms with Crippen molar-refractivity contribution < 1.29 is 19.5 Å². The molecule has 0 unspecified atom stereocenters. The molecule has 37 heavy (non-hydrogen) atoms. The average Bonchev–Trinajstić information content (AvgIpc) is 3.50. The molecule has 2 heterocycles. The van der Waals surface area contributed by atoms with Gasteiger partial charge in [0.25, 0.3) is 11.8 Å². The predicted molar refractivity (Wildman–Crippen MR) is 138 cm³/mol. The third kappa shape index (κ3) is 4.71. The molecule has 9 nitrogen and oxygen atoms in total. The van der Waals surface area contributed by atoms with E-state index in [9.17, 15) is 19.5 Å². The SMILES string of the molecule is CC(C)[C@@H](C(=O)O)N1Cc2ccc(-c3ccc(NC(=O)c4nc(-c5ccccc5)n[nH]4)cc3)cc2C1=O. The zero-order valence-electron chi connectivity index (χ0n) is 20.3. The molecular weight excluding hydrogens is 470 g/mol. The fourth-order valence-electron chi connectivity index (χ4n) is 4.52. The Morgan fingerprint density at radius 2 is 1.68 bits per heavy atom. The number of amides is 2. The maximum Gasteiger partial charge on any atom is 0.326 e. The third-order valence-corrected chi connectivity index (χ3v) is 6.37. The van der Waals surface area contributed by atoms with Crippen molar-refractivity contribution in [1.29, 1.82) is 0 Å². The Balaban J connectivity index is 1.29. The highest BCUT2D eigenvalue weighted by atomic mass is 16.4. The first-order valence-electron chi connectivity index (χ1n) is 11.9. The van der Waals surface area contributed by atoms with Gasteiger partial charge < -0.3 is 15.3 Å². The third-order valence-electron chi connectivity index (χ3n) is 6.37. The Bertz CT molecular complexity index is 1480.